The molecule has 0 bridgehead atoms. The van der Waals surface area contributed by atoms with Gasteiger partial charge in [0.15, 0.2) is 0 Å². The van der Waals surface area contributed by atoms with Gasteiger partial charge in [-0.15, -0.1) is 0 Å². The van der Waals surface area contributed by atoms with Gasteiger partial charge in [-0.3, -0.25) is 14.9 Å². The summed E-state index contributed by atoms with van der Waals surface area (Å²) < 4.78 is 45.5. The van der Waals surface area contributed by atoms with E-state index in [1.165, 1.54) is 18.2 Å². The molecule has 2 aromatic carbocycles. The van der Waals surface area contributed by atoms with Crippen LogP contribution in [0.15, 0.2) is 54.7 Å². The van der Waals surface area contributed by atoms with E-state index in [0.29, 0.717) is 18.7 Å². The number of fused-ring (bicyclic) bond motifs is 1. The lowest BCUT2D eigenvalue weighted by Crippen LogP contribution is -2.17. The number of nitrogens with zero attached hydrogens (tertiary/aromatic N) is 1. The number of rotatable bonds is 6. The number of imide groups is 1. The van der Waals surface area contributed by atoms with Crippen LogP contribution in [-0.2, 0) is 27.1 Å². The van der Waals surface area contributed by atoms with Crippen LogP contribution in [0.2, 0.25) is 0 Å². The number of hydrogen-bond donors (Lipinski definition) is 1. The summed E-state index contributed by atoms with van der Waals surface area (Å²) in [5.74, 6) is -0.542. The number of methoxy groups -OCH3 is 1. The van der Waals surface area contributed by atoms with Crippen LogP contribution in [0, 0.1) is 0 Å². The van der Waals surface area contributed by atoms with E-state index in [9.17, 15) is 22.8 Å². The number of nitrogens with one attached hydrogen (secondary N) is 1. The van der Waals surface area contributed by atoms with Crippen molar-refractivity contribution in [1.82, 2.24) is 9.88 Å². The van der Waals surface area contributed by atoms with E-state index in [-0.39, 0.29) is 0 Å². The van der Waals surface area contributed by atoms with Gasteiger partial charge in [0.25, 0.3) is 0 Å². The summed E-state index contributed by atoms with van der Waals surface area (Å²) in [6, 6.07) is 10.3. The molecule has 0 fully saturated rings. The second-order valence-electron chi connectivity index (χ2n) is 6.24. The first-order valence-electron chi connectivity index (χ1n) is 8.56. The Morgan fingerprint density at radius 3 is 2.52 bits per heavy atom. The second kappa shape index (κ2) is 8.32. The smallest absolute Gasteiger partial charge is 0.380 e. The number of carbonyl (C=O) groups excluding carboxylic acids is 2. The van der Waals surface area contributed by atoms with Crippen LogP contribution in [0.1, 0.15) is 16.7 Å². The first-order chi connectivity index (χ1) is 13.8. The van der Waals surface area contributed by atoms with Gasteiger partial charge >= 0.3 is 6.18 Å². The van der Waals surface area contributed by atoms with Crippen molar-refractivity contribution >= 4 is 29.3 Å². The fourth-order valence-electron chi connectivity index (χ4n) is 2.99. The molecule has 0 spiro atoms. The van der Waals surface area contributed by atoms with E-state index in [1.807, 2.05) is 23.6 Å². The van der Waals surface area contributed by atoms with Gasteiger partial charge < -0.3 is 9.30 Å². The average Bonchev–Trinajstić information content (AvgIpc) is 3.04. The molecule has 150 valence electrons. The first-order valence-corrected chi connectivity index (χ1v) is 8.56. The lowest BCUT2D eigenvalue weighted by Gasteiger charge is -2.09. The molecule has 0 saturated heterocycles. The van der Waals surface area contributed by atoms with E-state index >= 15 is 0 Å². The van der Waals surface area contributed by atoms with Crippen LogP contribution >= 0.6 is 0 Å². The van der Waals surface area contributed by atoms with E-state index < -0.39 is 17.6 Å². The largest absolute Gasteiger partial charge is 0.416 e. The van der Waals surface area contributed by atoms with E-state index in [0.717, 1.165) is 34.2 Å². The fourth-order valence-corrected chi connectivity index (χ4v) is 2.99. The molecule has 0 atom stereocenters. The molecule has 0 saturated carbocycles. The molecule has 0 aliphatic heterocycles. The minimum Gasteiger partial charge on any atom is -0.380 e. The number of amides is 2. The second-order valence-corrected chi connectivity index (χ2v) is 6.24. The molecule has 1 heterocycles. The molecule has 0 aliphatic rings. The van der Waals surface area contributed by atoms with Gasteiger partial charge in [0.2, 0.25) is 12.3 Å². The maximum absolute atomic E-state index is 12.8. The zero-order chi connectivity index (χ0) is 21.0. The van der Waals surface area contributed by atoms with Gasteiger partial charge in [-0.05, 0) is 48.0 Å². The number of carbonyl (C=O) groups is 2. The minimum absolute atomic E-state index is 0.302. The first kappa shape index (κ1) is 20.3. The molecule has 8 heteroatoms. The minimum atomic E-state index is -4.39. The Morgan fingerprint density at radius 1 is 1.17 bits per heavy atom. The number of halogens is 3. The highest BCUT2D eigenvalue weighted by Crippen LogP contribution is 2.31. The molecular formula is C21H17F3N2O3. The van der Waals surface area contributed by atoms with Gasteiger partial charge in [-0.2, -0.15) is 13.2 Å². The molecular weight excluding hydrogens is 385 g/mol. The normalized spacial score (nSPS) is 11.9. The monoisotopic (exact) mass is 402 g/mol. The number of ether oxygens (including phenoxy) is 1. The van der Waals surface area contributed by atoms with Gasteiger partial charge in [0, 0.05) is 36.0 Å². The SMILES string of the molecule is COCc1cn(-c2ccc(C(F)(F)F)cc2)c2ccc(C=CC(=O)NC=O)cc12. The molecule has 0 aliphatic carbocycles. The van der Waals surface area contributed by atoms with Crippen molar-refractivity contribution < 1.29 is 27.5 Å². The molecule has 3 aromatic rings. The van der Waals surface area contributed by atoms with Crippen LogP contribution in [0.4, 0.5) is 13.2 Å². The maximum Gasteiger partial charge on any atom is 0.416 e. The van der Waals surface area contributed by atoms with Crippen LogP contribution in [-0.4, -0.2) is 24.0 Å². The topological polar surface area (TPSA) is 60.3 Å². The molecule has 5 nitrogen and oxygen atoms in total. The van der Waals surface area contributed by atoms with Crippen LogP contribution < -0.4 is 5.32 Å². The van der Waals surface area contributed by atoms with Gasteiger partial charge in [0.05, 0.1) is 17.7 Å². The molecule has 1 aromatic heterocycles. The van der Waals surface area contributed by atoms with Crippen molar-refractivity contribution in [3.63, 3.8) is 0 Å². The third-order valence-electron chi connectivity index (χ3n) is 4.31. The number of hydrogen-bond acceptors (Lipinski definition) is 3. The summed E-state index contributed by atoms with van der Waals surface area (Å²) in [5.41, 5.74) is 2.22. The average molecular weight is 402 g/mol. The zero-order valence-corrected chi connectivity index (χ0v) is 15.4. The summed E-state index contributed by atoms with van der Waals surface area (Å²) in [4.78, 5) is 21.7. The highest BCUT2D eigenvalue weighted by Gasteiger charge is 2.30. The quantitative estimate of drug-likeness (QED) is 0.499. The summed E-state index contributed by atoms with van der Waals surface area (Å²) in [6.07, 6.45) is 0.513. The van der Waals surface area contributed by atoms with E-state index in [2.05, 4.69) is 0 Å². The summed E-state index contributed by atoms with van der Waals surface area (Å²) in [7, 11) is 1.55. The van der Waals surface area contributed by atoms with Crippen molar-refractivity contribution in [2.75, 3.05) is 7.11 Å². The third kappa shape index (κ3) is 4.55. The molecule has 1 N–H and O–H groups in total. The summed E-state index contributed by atoms with van der Waals surface area (Å²) >= 11 is 0. The van der Waals surface area contributed by atoms with Crippen LogP contribution in [0.5, 0.6) is 0 Å². The van der Waals surface area contributed by atoms with Crippen molar-refractivity contribution in [3.05, 3.63) is 71.4 Å². The van der Waals surface area contributed by atoms with Crippen molar-refractivity contribution in [2.45, 2.75) is 12.8 Å². The van der Waals surface area contributed by atoms with Crippen molar-refractivity contribution in [3.8, 4) is 5.69 Å². The van der Waals surface area contributed by atoms with E-state index in [4.69, 9.17) is 4.74 Å². The Kier molecular flexibility index (Phi) is 5.84. The van der Waals surface area contributed by atoms with Crippen LogP contribution in [0.25, 0.3) is 22.7 Å². The maximum atomic E-state index is 12.8. The fraction of sp³-hybridized carbons (Fsp3) is 0.143. The lowest BCUT2D eigenvalue weighted by molar-refractivity contribution is -0.137. The van der Waals surface area contributed by atoms with E-state index in [1.54, 1.807) is 23.8 Å². The highest BCUT2D eigenvalue weighted by molar-refractivity contribution is 5.98. The highest BCUT2D eigenvalue weighted by atomic mass is 19.4. The summed E-state index contributed by atoms with van der Waals surface area (Å²) in [5, 5.41) is 2.85. The predicted octanol–water partition coefficient (Wildman–Crippen LogP) is 4.08. The number of benzene rings is 2. The van der Waals surface area contributed by atoms with Gasteiger partial charge in [0.1, 0.15) is 0 Å². The Hall–Kier alpha value is -3.39. The van der Waals surface area contributed by atoms with Gasteiger partial charge in [-0.1, -0.05) is 6.07 Å². The molecule has 0 unspecified atom stereocenters. The molecule has 29 heavy (non-hydrogen) atoms. The molecule has 0 radical (unpaired) electrons. The van der Waals surface area contributed by atoms with Gasteiger partial charge in [-0.25, -0.2) is 0 Å². The predicted molar refractivity (Wildman–Crippen MR) is 102 cm³/mol. The standard InChI is InChI=1S/C21H17F3N2O3/c1-29-12-15-11-26(17-6-4-16(5-7-17)21(22,23)24)19-8-2-14(10-18(15)19)3-9-20(28)25-13-27/h2-11,13H,12H2,1H3,(H,25,27,28). The lowest BCUT2D eigenvalue weighted by atomic mass is 10.1. The summed E-state index contributed by atoms with van der Waals surface area (Å²) in [6.45, 7) is 0.308. The Morgan fingerprint density at radius 2 is 1.90 bits per heavy atom. The Labute approximate surface area is 164 Å². The molecule has 3 rings (SSSR count). The Bertz CT molecular complexity index is 1070. The van der Waals surface area contributed by atoms with Crippen molar-refractivity contribution in [1.29, 1.82) is 0 Å². The molecule has 2 amide bonds. The Balaban J connectivity index is 2.03. The zero-order valence-electron chi connectivity index (χ0n) is 15.4. The van der Waals surface area contributed by atoms with Crippen molar-refractivity contribution in [2.24, 2.45) is 0 Å². The van der Waals surface area contributed by atoms with Crippen LogP contribution in [0.3, 0.4) is 0 Å². The number of alkyl halides is 3. The third-order valence-corrected chi connectivity index (χ3v) is 4.31. The number of aromatic nitrogens is 1.